The first-order valence-corrected chi connectivity index (χ1v) is 5.70. The van der Waals surface area contributed by atoms with Crippen LogP contribution in [-0.4, -0.2) is 11.1 Å². The van der Waals surface area contributed by atoms with Crippen molar-refractivity contribution < 1.29 is 9.90 Å². The molecule has 0 aromatic carbocycles. The van der Waals surface area contributed by atoms with E-state index in [0.29, 0.717) is 0 Å². The smallest absolute Gasteiger partial charge is 0.314 e. The van der Waals surface area contributed by atoms with Crippen LogP contribution in [-0.2, 0) is 4.79 Å². The molecule has 2 bridgehead atoms. The van der Waals surface area contributed by atoms with Crippen LogP contribution in [0, 0.1) is 11.3 Å². The largest absolute Gasteiger partial charge is 0.481 e. The maximum Gasteiger partial charge on any atom is 0.314 e. The zero-order valence-corrected chi connectivity index (χ0v) is 9.42. The van der Waals surface area contributed by atoms with E-state index in [1.165, 1.54) is 11.1 Å². The number of hydrogen-bond acceptors (Lipinski definition) is 1. The molecule has 0 radical (unpaired) electrons. The first kappa shape index (κ1) is 10.5. The fourth-order valence-electron chi connectivity index (χ4n) is 2.87. The predicted octanol–water partition coefficient (Wildman–Crippen LogP) is 3.15. The van der Waals surface area contributed by atoms with Gasteiger partial charge in [0, 0.05) is 0 Å². The molecule has 3 rings (SSSR count). The molecule has 3 aliphatic rings. The van der Waals surface area contributed by atoms with Gasteiger partial charge in [-0.1, -0.05) is 31.1 Å². The molecule has 0 saturated carbocycles. The maximum atomic E-state index is 11.5. The van der Waals surface area contributed by atoms with Crippen molar-refractivity contribution >= 4 is 5.97 Å². The molecule has 0 heterocycles. The molecule has 0 aromatic heterocycles. The first-order valence-electron chi connectivity index (χ1n) is 5.70. The quantitative estimate of drug-likeness (QED) is 0.715. The number of rotatable bonds is 1. The lowest BCUT2D eigenvalue weighted by Gasteiger charge is -2.39. The van der Waals surface area contributed by atoms with E-state index in [2.05, 4.69) is 13.8 Å². The Morgan fingerprint density at radius 3 is 2.93 bits per heavy atom. The first-order chi connectivity index (χ1) is 7.08. The van der Waals surface area contributed by atoms with E-state index in [4.69, 9.17) is 0 Å². The van der Waals surface area contributed by atoms with Gasteiger partial charge in [0.25, 0.3) is 0 Å². The van der Waals surface area contributed by atoms with E-state index >= 15 is 0 Å². The molecule has 2 unspecified atom stereocenters. The maximum absolute atomic E-state index is 11.5. The van der Waals surface area contributed by atoms with Crippen LogP contribution in [0.2, 0.25) is 0 Å². The monoisotopic (exact) mass is 206 g/mol. The van der Waals surface area contributed by atoms with Gasteiger partial charge in [0.1, 0.15) is 0 Å². The van der Waals surface area contributed by atoms with E-state index in [9.17, 15) is 9.90 Å². The fourth-order valence-corrected chi connectivity index (χ4v) is 2.87. The van der Waals surface area contributed by atoms with Gasteiger partial charge in [-0.25, -0.2) is 0 Å². The molecule has 1 N–H and O–H groups in total. The summed E-state index contributed by atoms with van der Waals surface area (Å²) >= 11 is 0. The van der Waals surface area contributed by atoms with Gasteiger partial charge in [-0.05, 0) is 37.7 Å². The Labute approximate surface area is 90.7 Å². The lowest BCUT2D eigenvalue weighted by atomic mass is 9.64. The minimum atomic E-state index is -0.661. The molecule has 0 aromatic rings. The number of allylic oxidation sites excluding steroid dienone is 3. The Hall–Kier alpha value is -1.05. The third-order valence-corrected chi connectivity index (χ3v) is 4.20. The Balaban J connectivity index is 2.49. The van der Waals surface area contributed by atoms with E-state index in [-0.39, 0.29) is 5.92 Å². The zero-order valence-electron chi connectivity index (χ0n) is 9.42. The second-order valence-electron chi connectivity index (χ2n) is 4.82. The number of hydrogen-bond donors (Lipinski definition) is 1. The molecule has 2 nitrogen and oxygen atoms in total. The van der Waals surface area contributed by atoms with Gasteiger partial charge in [0.05, 0.1) is 5.41 Å². The molecule has 0 amide bonds. The fraction of sp³-hybridized carbons (Fsp3) is 0.615. The van der Waals surface area contributed by atoms with Gasteiger partial charge in [0.15, 0.2) is 0 Å². The Bertz CT molecular complexity index is 352. The minimum Gasteiger partial charge on any atom is -0.481 e. The average molecular weight is 206 g/mol. The number of carboxylic acids is 1. The predicted molar refractivity (Wildman–Crippen MR) is 59.5 cm³/mol. The minimum absolute atomic E-state index is 0.148. The summed E-state index contributed by atoms with van der Waals surface area (Å²) in [5.41, 5.74) is 2.01. The van der Waals surface area contributed by atoms with E-state index in [1.807, 2.05) is 12.2 Å². The van der Waals surface area contributed by atoms with Crippen LogP contribution in [0.15, 0.2) is 23.3 Å². The SMILES string of the molecule is CC1=C2C=CC(C(=O)O)(CCCC2)C1C. The lowest BCUT2D eigenvalue weighted by molar-refractivity contribution is -0.148. The summed E-state index contributed by atoms with van der Waals surface area (Å²) < 4.78 is 0. The van der Waals surface area contributed by atoms with E-state index in [0.717, 1.165) is 25.7 Å². The molecule has 3 aliphatic carbocycles. The summed E-state index contributed by atoms with van der Waals surface area (Å²) in [4.78, 5) is 11.5. The van der Waals surface area contributed by atoms with Crippen molar-refractivity contribution in [2.24, 2.45) is 11.3 Å². The highest BCUT2D eigenvalue weighted by atomic mass is 16.4. The summed E-state index contributed by atoms with van der Waals surface area (Å²) in [7, 11) is 0. The number of aliphatic carboxylic acids is 1. The van der Waals surface area contributed by atoms with Gasteiger partial charge in [0.2, 0.25) is 0 Å². The molecule has 82 valence electrons. The summed E-state index contributed by atoms with van der Waals surface area (Å²) in [5.74, 6) is -0.512. The lowest BCUT2D eigenvalue weighted by Crippen LogP contribution is -2.39. The van der Waals surface area contributed by atoms with Gasteiger partial charge in [-0.15, -0.1) is 0 Å². The Morgan fingerprint density at radius 2 is 2.27 bits per heavy atom. The van der Waals surface area contributed by atoms with Crippen molar-refractivity contribution in [2.75, 3.05) is 0 Å². The van der Waals surface area contributed by atoms with Crippen molar-refractivity contribution in [3.63, 3.8) is 0 Å². The highest BCUT2D eigenvalue weighted by molar-refractivity contribution is 5.79. The van der Waals surface area contributed by atoms with Gasteiger partial charge < -0.3 is 5.11 Å². The van der Waals surface area contributed by atoms with Gasteiger partial charge in [-0.3, -0.25) is 4.79 Å². The van der Waals surface area contributed by atoms with Crippen molar-refractivity contribution in [3.05, 3.63) is 23.3 Å². The highest BCUT2D eigenvalue weighted by Crippen LogP contribution is 2.46. The van der Waals surface area contributed by atoms with E-state index in [1.54, 1.807) is 0 Å². The van der Waals surface area contributed by atoms with E-state index < -0.39 is 11.4 Å². The molecular weight excluding hydrogens is 188 g/mol. The molecule has 2 atom stereocenters. The van der Waals surface area contributed by atoms with Crippen molar-refractivity contribution in [1.82, 2.24) is 0 Å². The molecule has 0 aliphatic heterocycles. The molecule has 2 heteroatoms. The summed E-state index contributed by atoms with van der Waals surface area (Å²) in [6, 6.07) is 0. The van der Waals surface area contributed by atoms with Crippen LogP contribution in [0.5, 0.6) is 0 Å². The molecular formula is C13H18O2. The summed E-state index contributed by atoms with van der Waals surface area (Å²) in [6.45, 7) is 4.14. The van der Waals surface area contributed by atoms with Gasteiger partial charge in [-0.2, -0.15) is 0 Å². The summed E-state index contributed by atoms with van der Waals surface area (Å²) in [6.07, 6.45) is 8.02. The number of fused-ring (bicyclic) bond motifs is 4. The van der Waals surface area contributed by atoms with Crippen LogP contribution in [0.4, 0.5) is 0 Å². The molecule has 0 fully saturated rings. The highest BCUT2D eigenvalue weighted by Gasteiger charge is 2.44. The Kier molecular flexibility index (Phi) is 2.45. The average Bonchev–Trinajstić information content (AvgIpc) is 2.14. The standard InChI is InChI=1S/C13H18O2/c1-9-10(2)13(12(14)15)7-4-3-5-11(9)6-8-13/h6,8,10H,3-5,7H2,1-2H3,(H,14,15). The Morgan fingerprint density at radius 1 is 1.53 bits per heavy atom. The third kappa shape index (κ3) is 1.43. The molecule has 15 heavy (non-hydrogen) atoms. The van der Waals surface area contributed by atoms with Crippen molar-refractivity contribution in [1.29, 1.82) is 0 Å². The van der Waals surface area contributed by atoms with Crippen LogP contribution < -0.4 is 0 Å². The second kappa shape index (κ2) is 3.51. The van der Waals surface area contributed by atoms with Crippen LogP contribution in [0.25, 0.3) is 0 Å². The van der Waals surface area contributed by atoms with Crippen molar-refractivity contribution in [2.45, 2.75) is 39.5 Å². The van der Waals surface area contributed by atoms with Crippen LogP contribution in [0.3, 0.4) is 0 Å². The summed E-state index contributed by atoms with van der Waals surface area (Å²) in [5, 5.41) is 9.44. The zero-order chi connectivity index (χ0) is 11.1. The third-order valence-electron chi connectivity index (χ3n) is 4.20. The normalized spacial score (nSPS) is 35.2. The molecule has 0 saturated heterocycles. The van der Waals surface area contributed by atoms with Gasteiger partial charge >= 0.3 is 5.97 Å². The molecule has 0 spiro atoms. The topological polar surface area (TPSA) is 37.3 Å². The number of carbonyl (C=O) groups is 1. The van der Waals surface area contributed by atoms with Crippen LogP contribution in [0.1, 0.15) is 39.5 Å². The second-order valence-corrected chi connectivity index (χ2v) is 4.82. The number of carboxylic acid groups (broad SMARTS) is 1. The van der Waals surface area contributed by atoms with Crippen LogP contribution >= 0.6 is 0 Å². The van der Waals surface area contributed by atoms with Crippen molar-refractivity contribution in [3.8, 4) is 0 Å².